The summed E-state index contributed by atoms with van der Waals surface area (Å²) in [5.74, 6) is 0. The maximum Gasteiger partial charge on any atom is 0.0755 e. The quantitative estimate of drug-likeness (QED) is 0.161. The first kappa shape index (κ1) is 39.1. The molecule has 1 spiro atoms. The predicted octanol–water partition coefficient (Wildman–Crippen LogP) is 17.0. The highest BCUT2D eigenvalue weighted by atomic mass is 15.1. The third kappa shape index (κ3) is 5.02. The minimum absolute atomic E-state index is 0.550. The van der Waals surface area contributed by atoms with Crippen molar-refractivity contribution in [2.45, 2.75) is 10.8 Å². The van der Waals surface area contributed by atoms with E-state index in [4.69, 9.17) is 0 Å². The summed E-state index contributed by atoms with van der Waals surface area (Å²) in [6, 6.07) is 99.8. The molecule has 0 saturated heterocycles. The molecule has 326 valence electrons. The molecule has 0 fully saturated rings. The molecule has 2 aliphatic carbocycles. The Morgan fingerprint density at radius 2 is 0.757 bits per heavy atom. The summed E-state index contributed by atoms with van der Waals surface area (Å²) in [6.45, 7) is 0. The SMILES string of the molecule is c1ccc(-c2ccc(N(c3cccc4c3-c3ccccc3C4(c3ccccc3)c3ccccc3)c3cccc4c3-c3ccccc3C43c4ccccc4-n4c5ccccc5c5cccc3c54)cc2)cc1. The fourth-order valence-corrected chi connectivity index (χ4v) is 13.3. The second-order valence-corrected chi connectivity index (χ2v) is 19.0. The minimum Gasteiger partial charge on any atom is -0.309 e. The third-order valence-electron chi connectivity index (χ3n) is 15.9. The topological polar surface area (TPSA) is 8.17 Å². The van der Waals surface area contributed by atoms with Crippen LogP contribution in [0.15, 0.2) is 267 Å². The maximum atomic E-state index is 2.58. The van der Waals surface area contributed by atoms with Crippen molar-refractivity contribution < 1.29 is 0 Å². The summed E-state index contributed by atoms with van der Waals surface area (Å²) in [5, 5.41) is 2.56. The van der Waals surface area contributed by atoms with E-state index >= 15 is 0 Å². The van der Waals surface area contributed by atoms with Crippen LogP contribution in [0.25, 0.3) is 60.9 Å². The number of fused-ring (bicyclic) bond motifs is 15. The lowest BCUT2D eigenvalue weighted by Crippen LogP contribution is -2.33. The van der Waals surface area contributed by atoms with Gasteiger partial charge in [-0.3, -0.25) is 0 Å². The van der Waals surface area contributed by atoms with Crippen LogP contribution in [0.5, 0.6) is 0 Å². The molecule has 2 heteroatoms. The first-order valence-electron chi connectivity index (χ1n) is 24.4. The first-order chi connectivity index (χ1) is 34.8. The van der Waals surface area contributed by atoms with Crippen molar-refractivity contribution in [3.05, 3.63) is 311 Å². The van der Waals surface area contributed by atoms with Gasteiger partial charge in [-0.05, 0) is 103 Å². The zero-order valence-corrected chi connectivity index (χ0v) is 38.3. The molecule has 12 aromatic rings. The van der Waals surface area contributed by atoms with Crippen LogP contribution in [0, 0.1) is 0 Å². The average Bonchev–Trinajstić information content (AvgIpc) is 4.06. The number of hydrogen-bond acceptors (Lipinski definition) is 1. The van der Waals surface area contributed by atoms with Crippen LogP contribution in [0.2, 0.25) is 0 Å². The molecule has 2 heterocycles. The summed E-state index contributed by atoms with van der Waals surface area (Å²) in [7, 11) is 0. The van der Waals surface area contributed by atoms with Gasteiger partial charge in [0.15, 0.2) is 0 Å². The van der Waals surface area contributed by atoms with E-state index in [1.165, 1.54) is 105 Å². The van der Waals surface area contributed by atoms with Crippen molar-refractivity contribution in [3.63, 3.8) is 0 Å². The van der Waals surface area contributed by atoms with Crippen LogP contribution < -0.4 is 4.90 Å². The highest BCUT2D eigenvalue weighted by Crippen LogP contribution is 2.65. The van der Waals surface area contributed by atoms with Crippen molar-refractivity contribution in [1.82, 2.24) is 4.57 Å². The van der Waals surface area contributed by atoms with Gasteiger partial charge in [-0.25, -0.2) is 0 Å². The molecule has 0 amide bonds. The van der Waals surface area contributed by atoms with Crippen LogP contribution in [-0.2, 0) is 10.8 Å². The lowest BCUT2D eigenvalue weighted by atomic mass is 9.65. The zero-order valence-electron chi connectivity index (χ0n) is 38.3. The molecule has 1 aromatic heterocycles. The van der Waals surface area contributed by atoms with Crippen molar-refractivity contribution in [3.8, 4) is 39.1 Å². The monoisotopic (exact) mass is 888 g/mol. The zero-order chi connectivity index (χ0) is 46.0. The predicted molar refractivity (Wildman–Crippen MR) is 289 cm³/mol. The Bertz CT molecular complexity index is 4010. The normalized spacial score (nSPS) is 15.3. The van der Waals surface area contributed by atoms with E-state index in [1.807, 2.05) is 0 Å². The summed E-state index contributed by atoms with van der Waals surface area (Å²) in [4.78, 5) is 2.58. The van der Waals surface area contributed by atoms with Gasteiger partial charge in [0.05, 0.1) is 38.9 Å². The molecule has 70 heavy (non-hydrogen) atoms. The van der Waals surface area contributed by atoms with E-state index in [2.05, 4.69) is 276 Å². The Morgan fingerprint density at radius 3 is 1.41 bits per heavy atom. The lowest BCUT2D eigenvalue weighted by molar-refractivity contribution is 0.748. The van der Waals surface area contributed by atoms with E-state index < -0.39 is 10.8 Å². The molecule has 3 aliphatic rings. The average molecular weight is 889 g/mol. The largest absolute Gasteiger partial charge is 0.309 e. The summed E-state index contributed by atoms with van der Waals surface area (Å²) in [5.41, 5.74) is 23.7. The highest BCUT2D eigenvalue weighted by Gasteiger charge is 2.52. The van der Waals surface area contributed by atoms with Gasteiger partial charge in [-0.2, -0.15) is 0 Å². The summed E-state index contributed by atoms with van der Waals surface area (Å²) < 4.78 is 2.53. The maximum absolute atomic E-state index is 2.58. The van der Waals surface area contributed by atoms with Crippen molar-refractivity contribution in [1.29, 1.82) is 0 Å². The molecule has 2 nitrogen and oxygen atoms in total. The molecule has 0 bridgehead atoms. The highest BCUT2D eigenvalue weighted by molar-refractivity contribution is 6.13. The Kier molecular flexibility index (Phi) is 8.24. The Labute approximate surface area is 407 Å². The number of hydrogen-bond donors (Lipinski definition) is 0. The van der Waals surface area contributed by atoms with Crippen LogP contribution in [0.1, 0.15) is 44.5 Å². The Hall–Kier alpha value is -8.98. The fourth-order valence-electron chi connectivity index (χ4n) is 13.3. The number of rotatable bonds is 6. The molecule has 0 saturated carbocycles. The van der Waals surface area contributed by atoms with E-state index in [0.717, 1.165) is 17.1 Å². The van der Waals surface area contributed by atoms with Crippen LogP contribution in [0.4, 0.5) is 17.1 Å². The Morgan fingerprint density at radius 1 is 0.300 bits per heavy atom. The van der Waals surface area contributed by atoms with E-state index in [9.17, 15) is 0 Å². The van der Waals surface area contributed by atoms with Gasteiger partial charge in [-0.1, -0.05) is 231 Å². The van der Waals surface area contributed by atoms with Crippen molar-refractivity contribution in [2.24, 2.45) is 0 Å². The van der Waals surface area contributed by atoms with E-state index in [0.29, 0.717) is 0 Å². The summed E-state index contributed by atoms with van der Waals surface area (Å²) in [6.07, 6.45) is 0. The van der Waals surface area contributed by atoms with Gasteiger partial charge in [0, 0.05) is 27.6 Å². The molecule has 11 aromatic carbocycles. The molecule has 1 aliphatic heterocycles. The smallest absolute Gasteiger partial charge is 0.0755 e. The second-order valence-electron chi connectivity index (χ2n) is 19.0. The molecule has 0 N–H and O–H groups in total. The molecular formula is C68H44N2. The van der Waals surface area contributed by atoms with Gasteiger partial charge in [-0.15, -0.1) is 0 Å². The first-order valence-corrected chi connectivity index (χ1v) is 24.4. The number of benzene rings is 11. The molecule has 1 unspecified atom stereocenters. The second kappa shape index (κ2) is 14.8. The van der Waals surface area contributed by atoms with Crippen molar-refractivity contribution in [2.75, 3.05) is 4.90 Å². The standard InChI is InChI=1S/C68H44N2/c1-4-21-45(22-5-1)46-41-43-49(44-42-46)69(62-39-19-34-57-64(62)52-28-10-13-31-54(52)67(57,47-23-6-2-7-24-47)48-25-8-3-9-26-48)63-40-20-35-58-65(63)53-29-11-14-32-55(53)68(58)56-33-15-17-38-61(56)70-60-37-16-12-27-50(60)51-30-18-36-59(68)66(51)70/h1-44H. The van der Waals surface area contributed by atoms with Crippen LogP contribution >= 0.6 is 0 Å². The number of para-hydroxylation sites is 3. The van der Waals surface area contributed by atoms with E-state index in [-0.39, 0.29) is 0 Å². The minimum atomic E-state index is -0.591. The molecule has 15 rings (SSSR count). The fraction of sp³-hybridized carbons (Fsp3) is 0.0294. The summed E-state index contributed by atoms with van der Waals surface area (Å²) >= 11 is 0. The van der Waals surface area contributed by atoms with Crippen molar-refractivity contribution >= 4 is 38.9 Å². The van der Waals surface area contributed by atoms with E-state index in [1.54, 1.807) is 0 Å². The van der Waals surface area contributed by atoms with Gasteiger partial charge >= 0.3 is 0 Å². The molecule has 0 radical (unpaired) electrons. The van der Waals surface area contributed by atoms with Gasteiger partial charge in [0.1, 0.15) is 0 Å². The number of aromatic nitrogens is 1. The molecular weight excluding hydrogens is 845 g/mol. The lowest BCUT2D eigenvalue weighted by Gasteiger charge is -2.39. The number of anilines is 3. The van der Waals surface area contributed by atoms with Gasteiger partial charge in [0.2, 0.25) is 0 Å². The van der Waals surface area contributed by atoms with Gasteiger partial charge < -0.3 is 9.47 Å². The number of nitrogens with zero attached hydrogens (tertiary/aromatic N) is 2. The third-order valence-corrected chi connectivity index (χ3v) is 15.9. The molecule has 1 atom stereocenters. The Balaban J connectivity index is 1.06. The van der Waals surface area contributed by atoms with Crippen LogP contribution in [0.3, 0.4) is 0 Å². The van der Waals surface area contributed by atoms with Gasteiger partial charge in [0.25, 0.3) is 0 Å². The van der Waals surface area contributed by atoms with Crippen LogP contribution in [-0.4, -0.2) is 4.57 Å².